The summed E-state index contributed by atoms with van der Waals surface area (Å²) in [6.45, 7) is 5.01. The van der Waals surface area contributed by atoms with Crippen molar-refractivity contribution in [3.8, 4) is 11.4 Å². The summed E-state index contributed by atoms with van der Waals surface area (Å²) in [5, 5.41) is 5.96. The van der Waals surface area contributed by atoms with Gasteiger partial charge in [0.15, 0.2) is 11.5 Å². The Kier molecular flexibility index (Phi) is 4.14. The number of hydrogen-bond acceptors (Lipinski definition) is 5. The zero-order chi connectivity index (χ0) is 20.1. The van der Waals surface area contributed by atoms with Gasteiger partial charge in [-0.3, -0.25) is 4.90 Å². The average molecular weight is 412 g/mol. The van der Waals surface area contributed by atoms with E-state index in [1.807, 2.05) is 41.0 Å². The van der Waals surface area contributed by atoms with Crippen molar-refractivity contribution in [1.82, 2.24) is 24.5 Å². The summed E-state index contributed by atoms with van der Waals surface area (Å²) in [4.78, 5) is 14.8. The molecule has 0 unspecified atom stereocenters. The molecule has 1 aliphatic rings. The first-order chi connectivity index (χ1) is 14.8. The smallest absolute Gasteiger partial charge is 0.182 e. The summed E-state index contributed by atoms with van der Waals surface area (Å²) >= 11 is 1.81. The minimum atomic E-state index is 0.759. The van der Waals surface area contributed by atoms with Crippen molar-refractivity contribution in [3.63, 3.8) is 0 Å². The van der Waals surface area contributed by atoms with E-state index in [0.717, 1.165) is 53.7 Å². The molecular weight excluding hydrogens is 390 g/mol. The molecule has 0 bridgehead atoms. The predicted octanol–water partition coefficient (Wildman–Crippen LogP) is 4.87. The molecule has 0 saturated carbocycles. The Balaban J connectivity index is 1.43. The minimum absolute atomic E-state index is 0.759. The molecule has 6 rings (SSSR count). The summed E-state index contributed by atoms with van der Waals surface area (Å²) in [5.41, 5.74) is 4.74. The molecule has 5 nitrogen and oxygen atoms in total. The molecule has 0 spiro atoms. The van der Waals surface area contributed by atoms with E-state index in [-0.39, 0.29) is 0 Å². The van der Waals surface area contributed by atoms with Gasteiger partial charge in [-0.25, -0.2) is 9.97 Å². The molecule has 5 aromatic rings. The van der Waals surface area contributed by atoms with E-state index in [9.17, 15) is 0 Å². The van der Waals surface area contributed by atoms with Crippen LogP contribution in [0.4, 0.5) is 0 Å². The van der Waals surface area contributed by atoms with Crippen LogP contribution in [0.3, 0.4) is 0 Å². The van der Waals surface area contributed by atoms with Crippen LogP contribution >= 0.6 is 11.3 Å². The monoisotopic (exact) mass is 411 g/mol. The van der Waals surface area contributed by atoms with Gasteiger partial charge in [0.2, 0.25) is 0 Å². The highest BCUT2D eigenvalue weighted by molar-refractivity contribution is 7.19. The largest absolute Gasteiger partial charge is 0.294 e. The van der Waals surface area contributed by atoms with Gasteiger partial charge in [0, 0.05) is 30.1 Å². The van der Waals surface area contributed by atoms with Gasteiger partial charge in [0.25, 0.3) is 0 Å². The van der Waals surface area contributed by atoms with Gasteiger partial charge in [-0.2, -0.15) is 4.52 Å². The first kappa shape index (κ1) is 17.7. The van der Waals surface area contributed by atoms with Gasteiger partial charge in [-0.05, 0) is 24.5 Å². The average Bonchev–Trinajstić information content (AvgIpc) is 3.36. The molecule has 0 amide bonds. The maximum atomic E-state index is 4.94. The third-order valence-corrected chi connectivity index (χ3v) is 6.91. The summed E-state index contributed by atoms with van der Waals surface area (Å²) < 4.78 is 1.91. The van der Waals surface area contributed by atoms with E-state index in [1.54, 1.807) is 0 Å². The molecule has 0 fully saturated rings. The van der Waals surface area contributed by atoms with Crippen LogP contribution in [0.15, 0.2) is 60.7 Å². The molecular formula is C24H21N5S. The lowest BCUT2D eigenvalue weighted by atomic mass is 10.0. The van der Waals surface area contributed by atoms with E-state index in [4.69, 9.17) is 15.1 Å². The first-order valence-electron chi connectivity index (χ1n) is 10.3. The lowest BCUT2D eigenvalue weighted by Gasteiger charge is -2.26. The molecule has 0 aliphatic carbocycles. The van der Waals surface area contributed by atoms with Crippen molar-refractivity contribution >= 4 is 27.2 Å². The standard InChI is InChI=1S/C24H21N5S/c1-16-25-24-21(23-26-22(27-29(16)23)18-10-6-3-7-11-18)19-12-13-28(15-20(19)30-24)14-17-8-4-2-5-9-17/h2-11H,12-15H2,1H3. The molecule has 0 N–H and O–H groups in total. The SMILES string of the molecule is Cc1nc2sc3c(c2c2nc(-c4ccccc4)nn12)CCN(Cc1ccccc1)C3. The van der Waals surface area contributed by atoms with Crippen LogP contribution in [0.25, 0.3) is 27.3 Å². The van der Waals surface area contributed by atoms with Crippen LogP contribution in [0.1, 0.15) is 21.8 Å². The van der Waals surface area contributed by atoms with Crippen molar-refractivity contribution in [3.05, 3.63) is 82.5 Å². The Morgan fingerprint density at radius 3 is 2.53 bits per heavy atom. The number of aryl methyl sites for hydroxylation is 1. The normalized spacial score (nSPS) is 14.4. The van der Waals surface area contributed by atoms with Gasteiger partial charge >= 0.3 is 0 Å². The van der Waals surface area contributed by atoms with E-state index in [1.165, 1.54) is 21.4 Å². The molecule has 0 saturated heterocycles. The second kappa shape index (κ2) is 7.00. The van der Waals surface area contributed by atoms with Crippen LogP contribution in [0, 0.1) is 6.92 Å². The van der Waals surface area contributed by atoms with Crippen molar-refractivity contribution in [1.29, 1.82) is 0 Å². The Morgan fingerprint density at radius 1 is 0.967 bits per heavy atom. The van der Waals surface area contributed by atoms with Crippen LogP contribution in [0.5, 0.6) is 0 Å². The third-order valence-electron chi connectivity index (χ3n) is 5.80. The number of benzene rings is 2. The molecule has 1 aliphatic heterocycles. The minimum Gasteiger partial charge on any atom is -0.294 e. The second-order valence-electron chi connectivity index (χ2n) is 7.83. The van der Waals surface area contributed by atoms with Crippen molar-refractivity contribution in [2.24, 2.45) is 0 Å². The van der Waals surface area contributed by atoms with Gasteiger partial charge < -0.3 is 0 Å². The van der Waals surface area contributed by atoms with Crippen molar-refractivity contribution < 1.29 is 0 Å². The van der Waals surface area contributed by atoms with Crippen LogP contribution < -0.4 is 0 Å². The van der Waals surface area contributed by atoms with Gasteiger partial charge in [-0.1, -0.05) is 60.7 Å². The fourth-order valence-electron chi connectivity index (χ4n) is 4.33. The highest BCUT2D eigenvalue weighted by Crippen LogP contribution is 2.37. The number of fused-ring (bicyclic) bond motifs is 5. The first-order valence-corrected chi connectivity index (χ1v) is 11.1. The third kappa shape index (κ3) is 2.91. The van der Waals surface area contributed by atoms with Crippen LogP contribution in [0.2, 0.25) is 0 Å². The molecule has 30 heavy (non-hydrogen) atoms. The van der Waals surface area contributed by atoms with E-state index >= 15 is 0 Å². The Hall–Kier alpha value is -3.09. The molecule has 6 heteroatoms. The van der Waals surface area contributed by atoms with Gasteiger partial charge in [0.1, 0.15) is 10.7 Å². The number of nitrogens with zero attached hydrogens (tertiary/aromatic N) is 5. The zero-order valence-electron chi connectivity index (χ0n) is 16.7. The summed E-state index contributed by atoms with van der Waals surface area (Å²) in [7, 11) is 0. The van der Waals surface area contributed by atoms with Gasteiger partial charge in [0.05, 0.1) is 5.39 Å². The quantitative estimate of drug-likeness (QED) is 0.425. The molecule has 0 radical (unpaired) electrons. The molecule has 3 aromatic heterocycles. The number of thiophene rings is 1. The van der Waals surface area contributed by atoms with Crippen LogP contribution in [-0.2, 0) is 19.5 Å². The van der Waals surface area contributed by atoms with Crippen molar-refractivity contribution in [2.45, 2.75) is 26.4 Å². The predicted molar refractivity (Wildman–Crippen MR) is 121 cm³/mol. The molecule has 0 atom stereocenters. The lowest BCUT2D eigenvalue weighted by molar-refractivity contribution is 0.249. The second-order valence-corrected chi connectivity index (χ2v) is 8.91. The van der Waals surface area contributed by atoms with Crippen LogP contribution in [-0.4, -0.2) is 31.0 Å². The highest BCUT2D eigenvalue weighted by atomic mass is 32.1. The lowest BCUT2D eigenvalue weighted by Crippen LogP contribution is -2.29. The fourth-order valence-corrected chi connectivity index (χ4v) is 5.63. The van der Waals surface area contributed by atoms with E-state index in [2.05, 4.69) is 47.4 Å². The van der Waals surface area contributed by atoms with E-state index < -0.39 is 0 Å². The maximum Gasteiger partial charge on any atom is 0.182 e. The number of rotatable bonds is 3. The summed E-state index contributed by atoms with van der Waals surface area (Å²) in [6, 6.07) is 20.9. The maximum absolute atomic E-state index is 4.94. The molecule has 4 heterocycles. The number of hydrogen-bond donors (Lipinski definition) is 0. The van der Waals surface area contributed by atoms with E-state index in [0.29, 0.717) is 0 Å². The summed E-state index contributed by atoms with van der Waals surface area (Å²) in [5.74, 6) is 1.64. The highest BCUT2D eigenvalue weighted by Gasteiger charge is 2.25. The topological polar surface area (TPSA) is 46.3 Å². The Bertz CT molecular complexity index is 1350. The Labute approximate surface area is 178 Å². The van der Waals surface area contributed by atoms with Crippen molar-refractivity contribution in [2.75, 3.05) is 6.54 Å². The van der Waals surface area contributed by atoms with Gasteiger partial charge in [-0.15, -0.1) is 16.4 Å². The fraction of sp³-hybridized carbons (Fsp3) is 0.208. The molecule has 2 aromatic carbocycles. The number of aromatic nitrogens is 4. The zero-order valence-corrected chi connectivity index (χ0v) is 17.6. The summed E-state index contributed by atoms with van der Waals surface area (Å²) in [6.07, 6.45) is 1.02. The Morgan fingerprint density at radius 2 is 1.73 bits per heavy atom. The molecule has 148 valence electrons.